The van der Waals surface area contributed by atoms with Gasteiger partial charge in [0.05, 0.1) is 0 Å². The van der Waals surface area contributed by atoms with E-state index in [1.807, 2.05) is 12.1 Å². The number of nitrogens with two attached hydrogens (primary N) is 2. The van der Waals surface area contributed by atoms with Crippen LogP contribution in [0, 0.1) is 0 Å². The first-order chi connectivity index (χ1) is 8.01. The average Bonchev–Trinajstić information content (AvgIpc) is 2.35. The lowest BCUT2D eigenvalue weighted by atomic mass is 10.00. The largest absolute Gasteiger partial charge is 0.375 e. The van der Waals surface area contributed by atoms with Crippen molar-refractivity contribution in [2.75, 3.05) is 0 Å². The fourth-order valence-electron chi connectivity index (χ4n) is 1.67. The molecule has 5 heteroatoms. The highest BCUT2D eigenvalue weighted by Gasteiger charge is 2.15. The number of amides is 1. The number of hydrazine groups is 1. The van der Waals surface area contributed by atoms with E-state index < -0.39 is 0 Å². The number of nitrogens with zero attached hydrogens (tertiary/aromatic N) is 1. The van der Waals surface area contributed by atoms with Gasteiger partial charge in [0.15, 0.2) is 5.11 Å². The van der Waals surface area contributed by atoms with Crippen molar-refractivity contribution in [1.29, 1.82) is 0 Å². The maximum Gasteiger partial charge on any atom is 0.274 e. The first-order valence-electron chi connectivity index (χ1n) is 5.51. The second kappa shape index (κ2) is 5.75. The van der Waals surface area contributed by atoms with Gasteiger partial charge in [-0.05, 0) is 48.3 Å². The molecule has 1 aromatic rings. The van der Waals surface area contributed by atoms with Gasteiger partial charge in [-0.2, -0.15) is 0 Å². The summed E-state index contributed by atoms with van der Waals surface area (Å²) in [5, 5.41) is 0.656. The molecule has 0 saturated heterocycles. The summed E-state index contributed by atoms with van der Waals surface area (Å²) in [6.45, 7) is 4.14. The highest BCUT2D eigenvalue weighted by atomic mass is 32.1. The summed E-state index contributed by atoms with van der Waals surface area (Å²) in [4.78, 5) is 11.9. The van der Waals surface area contributed by atoms with Gasteiger partial charge in [0.25, 0.3) is 5.91 Å². The molecule has 0 aliphatic rings. The first-order valence-corrected chi connectivity index (χ1v) is 5.92. The van der Waals surface area contributed by atoms with Crippen LogP contribution in [0.1, 0.15) is 35.3 Å². The number of benzene rings is 1. The summed E-state index contributed by atoms with van der Waals surface area (Å²) in [5.74, 6) is 5.09. The highest BCUT2D eigenvalue weighted by molar-refractivity contribution is 7.80. The Morgan fingerprint density at radius 1 is 1.29 bits per heavy atom. The van der Waals surface area contributed by atoms with Crippen LogP contribution < -0.4 is 11.6 Å². The third-order valence-corrected chi connectivity index (χ3v) is 2.87. The molecule has 0 saturated carbocycles. The van der Waals surface area contributed by atoms with Crippen LogP contribution in [0.5, 0.6) is 0 Å². The SMILES string of the molecule is CCc1ccc(C(=O)N(N)C(N)=S)cc1CC. The second-order valence-corrected chi connectivity index (χ2v) is 4.12. The number of hydrogen-bond acceptors (Lipinski definition) is 3. The van der Waals surface area contributed by atoms with Crippen LogP contribution in [0.15, 0.2) is 18.2 Å². The molecule has 0 fully saturated rings. The molecule has 0 radical (unpaired) electrons. The standard InChI is InChI=1S/C12H17N3OS/c1-3-8-5-6-10(7-9(8)4-2)11(16)15(14)12(13)17/h5-7H,3-4,14H2,1-2H3,(H2,13,17). The Bertz CT molecular complexity index is 445. The van der Waals surface area contributed by atoms with Gasteiger partial charge in [0, 0.05) is 5.56 Å². The normalized spacial score (nSPS) is 10.1. The number of carbonyl (C=O) groups excluding carboxylic acids is 1. The zero-order valence-electron chi connectivity index (χ0n) is 10.1. The lowest BCUT2D eigenvalue weighted by Gasteiger charge is -2.15. The summed E-state index contributed by atoms with van der Waals surface area (Å²) >= 11 is 4.66. The van der Waals surface area contributed by atoms with Crippen LogP contribution in [-0.2, 0) is 12.8 Å². The number of aryl methyl sites for hydroxylation is 2. The summed E-state index contributed by atoms with van der Waals surface area (Å²) in [6, 6.07) is 5.54. The van der Waals surface area contributed by atoms with Crippen LogP contribution >= 0.6 is 12.2 Å². The fraction of sp³-hybridized carbons (Fsp3) is 0.333. The Hall–Kier alpha value is -1.46. The van der Waals surface area contributed by atoms with E-state index in [9.17, 15) is 4.79 Å². The molecular weight excluding hydrogens is 234 g/mol. The molecule has 1 rings (SSSR count). The summed E-state index contributed by atoms with van der Waals surface area (Å²) in [5.41, 5.74) is 8.21. The number of hydrogen-bond donors (Lipinski definition) is 2. The molecule has 1 aromatic carbocycles. The predicted octanol–water partition coefficient (Wildman–Crippen LogP) is 1.37. The number of carbonyl (C=O) groups is 1. The molecular formula is C12H17N3OS. The van der Waals surface area contributed by atoms with Gasteiger partial charge in [-0.15, -0.1) is 0 Å². The molecule has 0 aromatic heterocycles. The fourth-order valence-corrected chi connectivity index (χ4v) is 1.76. The molecule has 0 aliphatic carbocycles. The monoisotopic (exact) mass is 251 g/mol. The molecule has 0 bridgehead atoms. The van der Waals surface area contributed by atoms with E-state index in [0.717, 1.165) is 23.4 Å². The molecule has 0 spiro atoms. The van der Waals surface area contributed by atoms with Crippen molar-refractivity contribution in [3.05, 3.63) is 34.9 Å². The maximum atomic E-state index is 11.9. The van der Waals surface area contributed by atoms with Gasteiger partial charge in [-0.3, -0.25) is 4.79 Å². The topological polar surface area (TPSA) is 72.3 Å². The lowest BCUT2D eigenvalue weighted by molar-refractivity contribution is 0.0848. The highest BCUT2D eigenvalue weighted by Crippen LogP contribution is 2.14. The third kappa shape index (κ3) is 3.01. The minimum Gasteiger partial charge on any atom is -0.375 e. The van der Waals surface area contributed by atoms with Gasteiger partial charge in [0.2, 0.25) is 0 Å². The van der Waals surface area contributed by atoms with Crippen LogP contribution in [-0.4, -0.2) is 16.0 Å². The number of thiocarbonyl (C=S) groups is 1. The lowest BCUT2D eigenvalue weighted by Crippen LogP contribution is -2.45. The molecule has 1 amide bonds. The van der Waals surface area contributed by atoms with Crippen molar-refractivity contribution in [1.82, 2.24) is 5.01 Å². The summed E-state index contributed by atoms with van der Waals surface area (Å²) in [7, 11) is 0. The van der Waals surface area contributed by atoms with Crippen LogP contribution in [0.4, 0.5) is 0 Å². The molecule has 4 N–H and O–H groups in total. The Balaban J connectivity index is 3.08. The van der Waals surface area contributed by atoms with E-state index in [2.05, 4.69) is 26.1 Å². The van der Waals surface area contributed by atoms with E-state index in [1.165, 1.54) is 5.56 Å². The molecule has 0 atom stereocenters. The Labute approximate surface area is 107 Å². The third-order valence-electron chi connectivity index (χ3n) is 2.67. The van der Waals surface area contributed by atoms with Crippen LogP contribution in [0.25, 0.3) is 0 Å². The Kier molecular flexibility index (Phi) is 4.60. The van der Waals surface area contributed by atoms with Crippen molar-refractivity contribution in [2.45, 2.75) is 26.7 Å². The molecule has 17 heavy (non-hydrogen) atoms. The van der Waals surface area contributed by atoms with Crippen molar-refractivity contribution in [2.24, 2.45) is 11.6 Å². The summed E-state index contributed by atoms with van der Waals surface area (Å²) < 4.78 is 0. The summed E-state index contributed by atoms with van der Waals surface area (Å²) in [6.07, 6.45) is 1.82. The maximum absolute atomic E-state index is 11.9. The first kappa shape index (κ1) is 13.6. The van der Waals surface area contributed by atoms with E-state index in [4.69, 9.17) is 11.6 Å². The zero-order valence-corrected chi connectivity index (χ0v) is 10.9. The van der Waals surface area contributed by atoms with Crippen LogP contribution in [0.3, 0.4) is 0 Å². The minimum atomic E-state index is -0.380. The Morgan fingerprint density at radius 3 is 2.35 bits per heavy atom. The molecule has 0 unspecified atom stereocenters. The van der Waals surface area contributed by atoms with Gasteiger partial charge < -0.3 is 5.73 Å². The predicted molar refractivity (Wildman–Crippen MR) is 72.3 cm³/mol. The molecule has 0 heterocycles. The van der Waals surface area contributed by atoms with Gasteiger partial charge >= 0.3 is 0 Å². The zero-order chi connectivity index (χ0) is 13.0. The Morgan fingerprint density at radius 2 is 1.88 bits per heavy atom. The van der Waals surface area contributed by atoms with Gasteiger partial charge in [0.1, 0.15) is 0 Å². The van der Waals surface area contributed by atoms with E-state index in [0.29, 0.717) is 5.56 Å². The van der Waals surface area contributed by atoms with Crippen molar-refractivity contribution in [3.63, 3.8) is 0 Å². The molecule has 92 valence electrons. The van der Waals surface area contributed by atoms with Crippen LogP contribution in [0.2, 0.25) is 0 Å². The second-order valence-electron chi connectivity index (χ2n) is 3.70. The number of rotatable bonds is 3. The van der Waals surface area contributed by atoms with E-state index in [1.54, 1.807) is 6.07 Å². The quantitative estimate of drug-likeness (QED) is 0.368. The minimum absolute atomic E-state index is 0.132. The van der Waals surface area contributed by atoms with Gasteiger partial charge in [-0.25, -0.2) is 10.9 Å². The average molecular weight is 251 g/mol. The van der Waals surface area contributed by atoms with Crippen molar-refractivity contribution in [3.8, 4) is 0 Å². The van der Waals surface area contributed by atoms with E-state index >= 15 is 0 Å². The van der Waals surface area contributed by atoms with Crippen molar-refractivity contribution < 1.29 is 4.79 Å². The van der Waals surface area contributed by atoms with E-state index in [-0.39, 0.29) is 11.0 Å². The van der Waals surface area contributed by atoms with Gasteiger partial charge in [-0.1, -0.05) is 19.9 Å². The van der Waals surface area contributed by atoms with Crippen molar-refractivity contribution >= 4 is 23.2 Å². The smallest absolute Gasteiger partial charge is 0.274 e. The molecule has 0 aliphatic heterocycles. The molecule has 4 nitrogen and oxygen atoms in total.